The number of nitro benzene ring substituents is 2. The van der Waals surface area contributed by atoms with E-state index >= 15 is 0 Å². The molecule has 158 valence electrons. The van der Waals surface area contributed by atoms with Crippen LogP contribution < -0.4 is 10.2 Å². The molecule has 11 nitrogen and oxygen atoms in total. The van der Waals surface area contributed by atoms with Crippen molar-refractivity contribution in [3.05, 3.63) is 97.5 Å². The van der Waals surface area contributed by atoms with E-state index in [-0.39, 0.29) is 29.7 Å². The van der Waals surface area contributed by atoms with Gasteiger partial charge >= 0.3 is 0 Å². The monoisotopic (exact) mass is 428 g/mol. The average molecular weight is 428 g/mol. The summed E-state index contributed by atoms with van der Waals surface area (Å²) in [6, 6.07) is 11.3. The van der Waals surface area contributed by atoms with E-state index in [1.807, 2.05) is 0 Å². The Hall–Kier alpha value is -4.61. The lowest BCUT2D eigenvalue weighted by atomic mass is 10.1. The molecule has 0 saturated carbocycles. The zero-order valence-corrected chi connectivity index (χ0v) is 15.6. The Kier molecular flexibility index (Phi) is 6.30. The van der Waals surface area contributed by atoms with Gasteiger partial charge in [0, 0.05) is 18.2 Å². The fourth-order valence-corrected chi connectivity index (χ4v) is 2.37. The molecular formula is C19H13FN4O7. The molecule has 12 heteroatoms. The number of halogens is 1. The molecule has 0 spiro atoms. The molecule has 0 unspecified atom stereocenters. The number of carbonyl (C=O) groups excluding carboxylic acids is 1. The van der Waals surface area contributed by atoms with E-state index in [0.717, 1.165) is 30.0 Å². The van der Waals surface area contributed by atoms with Crippen LogP contribution in [0.15, 0.2) is 64.1 Å². The van der Waals surface area contributed by atoms with Gasteiger partial charge in [0.1, 0.15) is 12.4 Å². The summed E-state index contributed by atoms with van der Waals surface area (Å²) in [5, 5.41) is 25.4. The second-order valence-electron chi connectivity index (χ2n) is 6.02. The number of non-ortho nitro benzene ring substituents is 2. The SMILES string of the molecule is O=C(N/N=C/c1ccc(OCc2ccc(F)cc2)o1)c1cc([N+](=O)[O-])cc([N+](=O)[O-])c1. The summed E-state index contributed by atoms with van der Waals surface area (Å²) in [7, 11) is 0. The van der Waals surface area contributed by atoms with Crippen molar-refractivity contribution in [3.8, 4) is 5.95 Å². The van der Waals surface area contributed by atoms with Crippen molar-refractivity contribution in [1.82, 2.24) is 5.43 Å². The molecule has 1 aromatic heterocycles. The molecule has 0 saturated heterocycles. The van der Waals surface area contributed by atoms with Gasteiger partial charge < -0.3 is 9.15 Å². The zero-order chi connectivity index (χ0) is 22.4. The normalized spacial score (nSPS) is 10.7. The Morgan fingerprint density at radius 3 is 2.32 bits per heavy atom. The molecule has 0 bridgehead atoms. The van der Waals surface area contributed by atoms with E-state index in [1.54, 1.807) is 12.1 Å². The van der Waals surface area contributed by atoms with E-state index in [2.05, 4.69) is 10.5 Å². The number of furan rings is 1. The first-order chi connectivity index (χ1) is 14.8. The van der Waals surface area contributed by atoms with Gasteiger partial charge in [-0.05, 0) is 23.8 Å². The third-order valence-corrected chi connectivity index (χ3v) is 3.84. The van der Waals surface area contributed by atoms with Crippen LogP contribution in [0.5, 0.6) is 5.95 Å². The van der Waals surface area contributed by atoms with Gasteiger partial charge in [-0.2, -0.15) is 5.10 Å². The zero-order valence-electron chi connectivity index (χ0n) is 15.6. The molecule has 1 amide bonds. The standard InChI is InChI=1S/C19H13FN4O7/c20-14-3-1-12(2-4-14)11-30-18-6-5-17(31-18)10-21-22-19(25)13-7-15(23(26)27)9-16(8-13)24(28)29/h1-10H,11H2,(H,22,25)/b21-10+. The summed E-state index contributed by atoms with van der Waals surface area (Å²) in [5.74, 6) is -0.866. The van der Waals surface area contributed by atoms with Crippen LogP contribution in [0, 0.1) is 26.0 Å². The first kappa shape index (κ1) is 21.1. The molecule has 0 aliphatic carbocycles. The number of carbonyl (C=O) groups is 1. The molecular weight excluding hydrogens is 415 g/mol. The van der Waals surface area contributed by atoms with Crippen LogP contribution in [0.25, 0.3) is 0 Å². The molecule has 0 aliphatic rings. The van der Waals surface area contributed by atoms with Crippen LogP contribution >= 0.6 is 0 Å². The molecule has 1 N–H and O–H groups in total. The number of benzene rings is 2. The second kappa shape index (κ2) is 9.26. The number of amides is 1. The third-order valence-electron chi connectivity index (χ3n) is 3.84. The van der Waals surface area contributed by atoms with Crippen molar-refractivity contribution >= 4 is 23.5 Å². The minimum Gasteiger partial charge on any atom is -0.460 e. The van der Waals surface area contributed by atoms with Crippen LogP contribution in [0.2, 0.25) is 0 Å². The lowest BCUT2D eigenvalue weighted by Gasteiger charge is -2.02. The second-order valence-corrected chi connectivity index (χ2v) is 6.02. The Balaban J connectivity index is 1.60. The maximum absolute atomic E-state index is 12.9. The Bertz CT molecular complexity index is 1130. The number of nitrogens with zero attached hydrogens (tertiary/aromatic N) is 3. The highest BCUT2D eigenvalue weighted by molar-refractivity contribution is 5.96. The molecule has 0 radical (unpaired) electrons. The maximum atomic E-state index is 12.9. The Morgan fingerprint density at radius 1 is 1.06 bits per heavy atom. The van der Waals surface area contributed by atoms with Gasteiger partial charge in [-0.15, -0.1) is 0 Å². The van der Waals surface area contributed by atoms with Gasteiger partial charge in [-0.25, -0.2) is 9.82 Å². The van der Waals surface area contributed by atoms with E-state index in [0.29, 0.717) is 0 Å². The average Bonchev–Trinajstić information content (AvgIpc) is 3.20. The van der Waals surface area contributed by atoms with E-state index in [1.165, 1.54) is 24.3 Å². The van der Waals surface area contributed by atoms with Crippen molar-refractivity contribution in [1.29, 1.82) is 0 Å². The van der Waals surface area contributed by atoms with Gasteiger partial charge in [0.15, 0.2) is 5.76 Å². The highest BCUT2D eigenvalue weighted by atomic mass is 19.1. The fraction of sp³-hybridized carbons (Fsp3) is 0.0526. The van der Waals surface area contributed by atoms with Crippen molar-refractivity contribution in [2.75, 3.05) is 0 Å². The van der Waals surface area contributed by atoms with Crippen molar-refractivity contribution in [2.45, 2.75) is 6.61 Å². The molecule has 3 aromatic rings. The first-order valence-corrected chi connectivity index (χ1v) is 8.56. The summed E-state index contributed by atoms with van der Waals surface area (Å²) in [6.45, 7) is 0.146. The third kappa shape index (κ3) is 5.69. The fourth-order valence-electron chi connectivity index (χ4n) is 2.37. The van der Waals surface area contributed by atoms with Crippen molar-refractivity contribution in [2.24, 2.45) is 5.10 Å². The molecule has 2 aromatic carbocycles. The van der Waals surface area contributed by atoms with Crippen LogP contribution in [0.1, 0.15) is 21.7 Å². The quantitative estimate of drug-likeness (QED) is 0.327. The van der Waals surface area contributed by atoms with Gasteiger partial charge in [0.2, 0.25) is 0 Å². The minimum atomic E-state index is -0.887. The minimum absolute atomic E-state index is 0.146. The summed E-state index contributed by atoms with van der Waals surface area (Å²) >= 11 is 0. The summed E-state index contributed by atoms with van der Waals surface area (Å²) < 4.78 is 23.6. The lowest BCUT2D eigenvalue weighted by molar-refractivity contribution is -0.394. The number of hydrogen-bond donors (Lipinski definition) is 1. The number of nitro groups is 2. The van der Waals surface area contributed by atoms with E-state index in [4.69, 9.17) is 9.15 Å². The molecule has 0 atom stereocenters. The highest BCUT2D eigenvalue weighted by Gasteiger charge is 2.19. The Morgan fingerprint density at radius 2 is 1.71 bits per heavy atom. The van der Waals surface area contributed by atoms with Gasteiger partial charge in [-0.3, -0.25) is 25.0 Å². The van der Waals surface area contributed by atoms with E-state index < -0.39 is 27.1 Å². The van der Waals surface area contributed by atoms with Gasteiger partial charge in [-0.1, -0.05) is 12.1 Å². The van der Waals surface area contributed by atoms with Crippen LogP contribution in [0.3, 0.4) is 0 Å². The molecule has 31 heavy (non-hydrogen) atoms. The Labute approximate surface area is 173 Å². The smallest absolute Gasteiger partial charge is 0.285 e. The predicted octanol–water partition coefficient (Wildman–Crippen LogP) is 3.58. The van der Waals surface area contributed by atoms with Gasteiger partial charge in [0.05, 0.1) is 27.7 Å². The highest BCUT2D eigenvalue weighted by Crippen LogP contribution is 2.22. The van der Waals surface area contributed by atoms with Crippen molar-refractivity contribution in [3.63, 3.8) is 0 Å². The van der Waals surface area contributed by atoms with Crippen LogP contribution in [-0.4, -0.2) is 22.0 Å². The molecule has 3 rings (SSSR count). The summed E-state index contributed by atoms with van der Waals surface area (Å²) in [4.78, 5) is 32.2. The number of ether oxygens (including phenoxy) is 1. The number of hydrazone groups is 1. The lowest BCUT2D eigenvalue weighted by Crippen LogP contribution is -2.18. The van der Waals surface area contributed by atoms with Crippen LogP contribution in [-0.2, 0) is 6.61 Å². The van der Waals surface area contributed by atoms with Crippen molar-refractivity contribution < 1.29 is 28.2 Å². The summed E-state index contributed by atoms with van der Waals surface area (Å²) in [6.07, 6.45) is 1.15. The summed E-state index contributed by atoms with van der Waals surface area (Å²) in [5.41, 5.74) is 1.32. The van der Waals surface area contributed by atoms with Crippen LogP contribution in [0.4, 0.5) is 15.8 Å². The number of hydrogen-bond acceptors (Lipinski definition) is 8. The van der Waals surface area contributed by atoms with E-state index in [9.17, 15) is 29.4 Å². The molecule has 0 fully saturated rings. The molecule has 1 heterocycles. The topological polar surface area (TPSA) is 150 Å². The van der Waals surface area contributed by atoms with Gasteiger partial charge in [0.25, 0.3) is 23.2 Å². The first-order valence-electron chi connectivity index (χ1n) is 8.56. The molecule has 0 aliphatic heterocycles. The predicted molar refractivity (Wildman–Crippen MR) is 104 cm³/mol. The largest absolute Gasteiger partial charge is 0.460 e. The number of nitrogens with one attached hydrogen (secondary N) is 1. The maximum Gasteiger partial charge on any atom is 0.285 e. The number of rotatable bonds is 8.